The number of carbonyl (C=O) groups is 1. The van der Waals surface area contributed by atoms with Crippen molar-refractivity contribution >= 4 is 11.6 Å². The van der Waals surface area contributed by atoms with Crippen molar-refractivity contribution in [3.8, 4) is 0 Å². The van der Waals surface area contributed by atoms with Crippen molar-refractivity contribution in [2.24, 2.45) is 11.7 Å². The maximum Gasteiger partial charge on any atom is 0.227 e. The molecule has 0 saturated heterocycles. The fraction of sp³-hybridized carbons (Fsp3) is 0.588. The molecule has 116 valence electrons. The Morgan fingerprint density at radius 1 is 1.43 bits per heavy atom. The molecular formula is C17H26N2O2. The first-order chi connectivity index (χ1) is 10.0. The summed E-state index contributed by atoms with van der Waals surface area (Å²) in [5, 5.41) is 10.1. The summed E-state index contributed by atoms with van der Waals surface area (Å²) >= 11 is 0. The van der Waals surface area contributed by atoms with Crippen LogP contribution in [0, 0.1) is 5.92 Å². The van der Waals surface area contributed by atoms with Gasteiger partial charge >= 0.3 is 0 Å². The lowest BCUT2D eigenvalue weighted by molar-refractivity contribution is -0.119. The van der Waals surface area contributed by atoms with Crippen LogP contribution in [0.3, 0.4) is 0 Å². The Bertz CT molecular complexity index is 500. The molecule has 3 N–H and O–H groups in total. The molecular weight excluding hydrogens is 264 g/mol. The fourth-order valence-electron chi connectivity index (χ4n) is 2.83. The molecule has 4 nitrogen and oxygen atoms in total. The first-order valence-corrected chi connectivity index (χ1v) is 7.84. The normalized spacial score (nSPS) is 15.4. The lowest BCUT2D eigenvalue weighted by Crippen LogP contribution is -2.29. The summed E-state index contributed by atoms with van der Waals surface area (Å²) in [6.07, 6.45) is 2.50. The van der Waals surface area contributed by atoms with Gasteiger partial charge in [-0.3, -0.25) is 4.79 Å². The number of aliphatic hydroxyl groups is 1. The molecule has 0 fully saturated rings. The number of carbonyl (C=O) groups excluding carboxylic acids is 1. The molecule has 0 aliphatic carbocycles. The lowest BCUT2D eigenvalue weighted by atomic mass is 10.0. The minimum absolute atomic E-state index is 0.195. The topological polar surface area (TPSA) is 66.6 Å². The summed E-state index contributed by atoms with van der Waals surface area (Å²) in [4.78, 5) is 14.1. The van der Waals surface area contributed by atoms with Crippen LogP contribution in [0.5, 0.6) is 0 Å². The Kier molecular flexibility index (Phi) is 5.37. The second-order valence-electron chi connectivity index (χ2n) is 6.23. The maximum atomic E-state index is 12.2. The van der Waals surface area contributed by atoms with Gasteiger partial charge in [-0.1, -0.05) is 26.0 Å². The van der Waals surface area contributed by atoms with Crippen molar-refractivity contribution in [2.45, 2.75) is 45.6 Å². The van der Waals surface area contributed by atoms with E-state index in [1.165, 1.54) is 0 Å². The van der Waals surface area contributed by atoms with Crippen LogP contribution >= 0.6 is 0 Å². The van der Waals surface area contributed by atoms with Crippen LogP contribution in [-0.2, 0) is 11.2 Å². The van der Waals surface area contributed by atoms with Gasteiger partial charge in [-0.25, -0.2) is 0 Å². The highest BCUT2D eigenvalue weighted by Crippen LogP contribution is 2.32. The number of hydrogen-bond acceptors (Lipinski definition) is 3. The van der Waals surface area contributed by atoms with Crippen molar-refractivity contribution in [1.29, 1.82) is 0 Å². The summed E-state index contributed by atoms with van der Waals surface area (Å²) in [6, 6.07) is 5.95. The molecule has 1 unspecified atom stereocenters. The summed E-state index contributed by atoms with van der Waals surface area (Å²) < 4.78 is 0. The zero-order valence-electron chi connectivity index (χ0n) is 13.0. The highest BCUT2D eigenvalue weighted by Gasteiger charge is 2.25. The van der Waals surface area contributed by atoms with Crippen molar-refractivity contribution in [3.63, 3.8) is 0 Å². The molecule has 4 heteroatoms. The molecule has 2 rings (SSSR count). The summed E-state index contributed by atoms with van der Waals surface area (Å²) in [5.41, 5.74) is 8.58. The van der Waals surface area contributed by atoms with Gasteiger partial charge < -0.3 is 15.7 Å². The Labute approximate surface area is 126 Å². The fourth-order valence-corrected chi connectivity index (χ4v) is 2.83. The van der Waals surface area contributed by atoms with E-state index in [0.29, 0.717) is 25.3 Å². The number of aliphatic hydroxyl groups excluding tert-OH is 1. The average Bonchev–Trinajstić information content (AvgIpc) is 2.86. The molecule has 0 aromatic heterocycles. The molecule has 0 bridgehead atoms. The van der Waals surface area contributed by atoms with Crippen LogP contribution in [0.25, 0.3) is 0 Å². The summed E-state index contributed by atoms with van der Waals surface area (Å²) in [6.45, 7) is 5.47. The molecule has 1 aliphatic rings. The van der Waals surface area contributed by atoms with Gasteiger partial charge in [-0.05, 0) is 48.9 Å². The Morgan fingerprint density at radius 3 is 2.86 bits per heavy atom. The van der Waals surface area contributed by atoms with Gasteiger partial charge in [0, 0.05) is 18.7 Å². The molecule has 1 heterocycles. The number of amides is 1. The van der Waals surface area contributed by atoms with Crippen LogP contribution < -0.4 is 10.6 Å². The standard InChI is InChI=1S/C17H26N2O2/c1-12(2)10-17(21)19-9-7-13-11-14(5-6-15(13)19)16(20)4-3-8-18/h5-6,11-12,16,20H,3-4,7-10,18H2,1-2H3. The lowest BCUT2D eigenvalue weighted by Gasteiger charge is -2.19. The number of rotatable bonds is 6. The second-order valence-corrected chi connectivity index (χ2v) is 6.23. The third-order valence-electron chi connectivity index (χ3n) is 3.95. The molecule has 0 radical (unpaired) electrons. The highest BCUT2D eigenvalue weighted by atomic mass is 16.3. The Morgan fingerprint density at radius 2 is 2.19 bits per heavy atom. The molecule has 21 heavy (non-hydrogen) atoms. The van der Waals surface area contributed by atoms with Crippen LogP contribution in [0.4, 0.5) is 5.69 Å². The summed E-state index contributed by atoms with van der Waals surface area (Å²) in [7, 11) is 0. The van der Waals surface area contributed by atoms with Crippen molar-refractivity contribution in [1.82, 2.24) is 0 Å². The minimum atomic E-state index is -0.459. The Hall–Kier alpha value is -1.39. The quantitative estimate of drug-likeness (QED) is 0.845. The first kappa shape index (κ1) is 16.0. The van der Waals surface area contributed by atoms with Crippen LogP contribution in [0.15, 0.2) is 18.2 Å². The second kappa shape index (κ2) is 7.05. The van der Waals surface area contributed by atoms with Gasteiger partial charge in [0.25, 0.3) is 0 Å². The molecule has 1 aromatic carbocycles. The van der Waals surface area contributed by atoms with Crippen LogP contribution in [-0.4, -0.2) is 24.1 Å². The maximum absolute atomic E-state index is 12.2. The van der Waals surface area contributed by atoms with Crippen molar-refractivity contribution < 1.29 is 9.90 Å². The van der Waals surface area contributed by atoms with E-state index in [2.05, 4.69) is 13.8 Å². The number of benzene rings is 1. The average molecular weight is 290 g/mol. The van der Waals surface area contributed by atoms with E-state index in [4.69, 9.17) is 5.73 Å². The molecule has 0 saturated carbocycles. The van der Waals surface area contributed by atoms with Gasteiger partial charge in [-0.2, -0.15) is 0 Å². The molecule has 1 aromatic rings. The zero-order valence-corrected chi connectivity index (χ0v) is 13.0. The van der Waals surface area contributed by atoms with Gasteiger partial charge in [-0.15, -0.1) is 0 Å². The van der Waals surface area contributed by atoms with E-state index < -0.39 is 6.10 Å². The van der Waals surface area contributed by atoms with E-state index in [1.807, 2.05) is 23.1 Å². The smallest absolute Gasteiger partial charge is 0.227 e. The zero-order chi connectivity index (χ0) is 15.4. The molecule has 1 atom stereocenters. The molecule has 1 amide bonds. The van der Waals surface area contributed by atoms with E-state index in [1.54, 1.807) is 0 Å². The third-order valence-corrected chi connectivity index (χ3v) is 3.95. The van der Waals surface area contributed by atoms with Gasteiger partial charge in [0.2, 0.25) is 5.91 Å². The highest BCUT2D eigenvalue weighted by molar-refractivity contribution is 5.95. The predicted molar refractivity (Wildman–Crippen MR) is 85.2 cm³/mol. The first-order valence-electron chi connectivity index (χ1n) is 7.84. The SMILES string of the molecule is CC(C)CC(=O)N1CCc2cc(C(O)CCCN)ccc21. The number of hydrogen-bond donors (Lipinski definition) is 2. The monoisotopic (exact) mass is 290 g/mol. The molecule has 0 spiro atoms. The number of nitrogens with two attached hydrogens (primary N) is 1. The van der Waals surface area contributed by atoms with Crippen molar-refractivity contribution in [3.05, 3.63) is 29.3 Å². The minimum Gasteiger partial charge on any atom is -0.388 e. The van der Waals surface area contributed by atoms with Crippen LogP contribution in [0.2, 0.25) is 0 Å². The van der Waals surface area contributed by atoms with Gasteiger partial charge in [0.05, 0.1) is 6.10 Å². The van der Waals surface area contributed by atoms with E-state index in [9.17, 15) is 9.90 Å². The number of anilines is 1. The van der Waals surface area contributed by atoms with Gasteiger partial charge in [0.1, 0.15) is 0 Å². The number of nitrogens with zero attached hydrogens (tertiary/aromatic N) is 1. The van der Waals surface area contributed by atoms with Gasteiger partial charge in [0.15, 0.2) is 0 Å². The third kappa shape index (κ3) is 3.83. The van der Waals surface area contributed by atoms with E-state index in [0.717, 1.165) is 36.2 Å². The predicted octanol–water partition coefficient (Wildman–Crippen LogP) is 2.39. The van der Waals surface area contributed by atoms with E-state index >= 15 is 0 Å². The van der Waals surface area contributed by atoms with Crippen LogP contribution in [0.1, 0.15) is 50.3 Å². The van der Waals surface area contributed by atoms with Crippen molar-refractivity contribution in [2.75, 3.05) is 18.0 Å². The Balaban J connectivity index is 2.11. The van der Waals surface area contributed by atoms with E-state index in [-0.39, 0.29) is 5.91 Å². The number of fused-ring (bicyclic) bond motifs is 1. The largest absolute Gasteiger partial charge is 0.388 e. The summed E-state index contributed by atoms with van der Waals surface area (Å²) in [5.74, 6) is 0.569. The molecule has 1 aliphatic heterocycles.